The summed E-state index contributed by atoms with van der Waals surface area (Å²) in [6.07, 6.45) is 5.51. The standard InChI is InChI=1S/C19H22N2/c20-13-12-17-15-21(19-11-5-4-10-18(17)19)14-6-9-16-7-2-1-3-8-16/h1-11,17H,12-15,20H2. The molecule has 0 amide bonds. The molecule has 1 atom stereocenters. The van der Waals surface area contributed by atoms with Crippen LogP contribution in [0.2, 0.25) is 0 Å². The summed E-state index contributed by atoms with van der Waals surface area (Å²) in [6.45, 7) is 2.79. The maximum Gasteiger partial charge on any atom is 0.0405 e. The lowest BCUT2D eigenvalue weighted by molar-refractivity contribution is 0.655. The first-order valence-corrected chi connectivity index (χ1v) is 7.64. The molecule has 108 valence electrons. The second kappa shape index (κ2) is 6.59. The first kappa shape index (κ1) is 13.9. The van der Waals surface area contributed by atoms with E-state index >= 15 is 0 Å². The second-order valence-corrected chi connectivity index (χ2v) is 5.55. The lowest BCUT2D eigenvalue weighted by Gasteiger charge is -2.17. The molecule has 0 aliphatic carbocycles. The Hall–Kier alpha value is -2.06. The Kier molecular flexibility index (Phi) is 4.37. The van der Waals surface area contributed by atoms with Crippen LogP contribution >= 0.6 is 0 Å². The SMILES string of the molecule is NCCC1CN(CC=Cc2ccccc2)c2ccccc21. The smallest absolute Gasteiger partial charge is 0.0405 e. The normalized spacial score (nSPS) is 17.4. The van der Waals surface area contributed by atoms with Crippen LogP contribution in [0.5, 0.6) is 0 Å². The van der Waals surface area contributed by atoms with E-state index in [-0.39, 0.29) is 0 Å². The molecule has 21 heavy (non-hydrogen) atoms. The van der Waals surface area contributed by atoms with Crippen LogP contribution in [0.15, 0.2) is 60.7 Å². The van der Waals surface area contributed by atoms with Gasteiger partial charge in [-0.1, -0.05) is 60.7 Å². The minimum atomic E-state index is 0.580. The molecule has 2 heteroatoms. The van der Waals surface area contributed by atoms with E-state index in [1.807, 2.05) is 6.07 Å². The molecule has 0 bridgehead atoms. The van der Waals surface area contributed by atoms with Crippen molar-refractivity contribution >= 4 is 11.8 Å². The highest BCUT2D eigenvalue weighted by atomic mass is 15.1. The zero-order chi connectivity index (χ0) is 14.5. The van der Waals surface area contributed by atoms with Gasteiger partial charge in [-0.25, -0.2) is 0 Å². The summed E-state index contributed by atoms with van der Waals surface area (Å²) < 4.78 is 0. The van der Waals surface area contributed by atoms with Gasteiger partial charge < -0.3 is 10.6 Å². The number of anilines is 1. The first-order chi connectivity index (χ1) is 10.4. The third kappa shape index (κ3) is 3.17. The fraction of sp³-hybridized carbons (Fsp3) is 0.263. The van der Waals surface area contributed by atoms with Crippen LogP contribution in [0.25, 0.3) is 6.08 Å². The third-order valence-corrected chi connectivity index (χ3v) is 4.11. The van der Waals surface area contributed by atoms with Crippen LogP contribution in [0, 0.1) is 0 Å². The van der Waals surface area contributed by atoms with E-state index in [0.29, 0.717) is 5.92 Å². The average molecular weight is 278 g/mol. The van der Waals surface area contributed by atoms with Crippen LogP contribution in [0.3, 0.4) is 0 Å². The summed E-state index contributed by atoms with van der Waals surface area (Å²) in [7, 11) is 0. The summed E-state index contributed by atoms with van der Waals surface area (Å²) in [5.74, 6) is 0.580. The molecule has 1 aliphatic heterocycles. The predicted molar refractivity (Wildman–Crippen MR) is 90.5 cm³/mol. The van der Waals surface area contributed by atoms with E-state index in [1.165, 1.54) is 16.8 Å². The van der Waals surface area contributed by atoms with Gasteiger partial charge >= 0.3 is 0 Å². The van der Waals surface area contributed by atoms with Crippen molar-refractivity contribution in [2.75, 3.05) is 24.5 Å². The van der Waals surface area contributed by atoms with Crippen molar-refractivity contribution < 1.29 is 0 Å². The number of para-hydroxylation sites is 1. The fourth-order valence-electron chi connectivity index (χ4n) is 3.08. The molecule has 0 aromatic heterocycles. The molecule has 2 aromatic carbocycles. The molecule has 2 N–H and O–H groups in total. The molecule has 2 aromatic rings. The van der Waals surface area contributed by atoms with Crippen molar-refractivity contribution in [3.63, 3.8) is 0 Å². The average Bonchev–Trinajstić information content (AvgIpc) is 2.87. The molecule has 0 saturated heterocycles. The number of nitrogens with zero attached hydrogens (tertiary/aromatic N) is 1. The van der Waals surface area contributed by atoms with Gasteiger partial charge in [0.15, 0.2) is 0 Å². The number of nitrogens with two attached hydrogens (primary N) is 1. The molecular weight excluding hydrogens is 256 g/mol. The quantitative estimate of drug-likeness (QED) is 0.904. The summed E-state index contributed by atoms with van der Waals surface area (Å²) in [5.41, 5.74) is 9.83. The summed E-state index contributed by atoms with van der Waals surface area (Å²) >= 11 is 0. The van der Waals surface area contributed by atoms with Gasteiger partial charge in [0.1, 0.15) is 0 Å². The summed E-state index contributed by atoms with van der Waals surface area (Å²) in [6, 6.07) is 19.2. The molecule has 0 radical (unpaired) electrons. The van der Waals surface area contributed by atoms with Gasteiger partial charge in [0.2, 0.25) is 0 Å². The topological polar surface area (TPSA) is 29.3 Å². The Morgan fingerprint density at radius 2 is 1.81 bits per heavy atom. The van der Waals surface area contributed by atoms with Gasteiger partial charge in [0, 0.05) is 24.7 Å². The maximum absolute atomic E-state index is 5.75. The van der Waals surface area contributed by atoms with Gasteiger partial charge in [-0.3, -0.25) is 0 Å². The second-order valence-electron chi connectivity index (χ2n) is 5.55. The number of rotatable bonds is 5. The van der Waals surface area contributed by atoms with Crippen molar-refractivity contribution in [1.29, 1.82) is 0 Å². The third-order valence-electron chi connectivity index (χ3n) is 4.11. The van der Waals surface area contributed by atoms with E-state index in [1.54, 1.807) is 0 Å². The van der Waals surface area contributed by atoms with Gasteiger partial charge in [-0.2, -0.15) is 0 Å². The van der Waals surface area contributed by atoms with Crippen LogP contribution < -0.4 is 10.6 Å². The highest BCUT2D eigenvalue weighted by molar-refractivity contribution is 5.61. The number of fused-ring (bicyclic) bond motifs is 1. The Morgan fingerprint density at radius 1 is 1.05 bits per heavy atom. The van der Waals surface area contributed by atoms with Gasteiger partial charge in [-0.05, 0) is 30.2 Å². The van der Waals surface area contributed by atoms with Crippen molar-refractivity contribution in [3.8, 4) is 0 Å². The zero-order valence-electron chi connectivity index (χ0n) is 12.3. The maximum atomic E-state index is 5.75. The Labute approximate surface area is 126 Å². The van der Waals surface area contributed by atoms with E-state index < -0.39 is 0 Å². The molecule has 1 aliphatic rings. The zero-order valence-corrected chi connectivity index (χ0v) is 12.3. The molecule has 2 nitrogen and oxygen atoms in total. The fourth-order valence-corrected chi connectivity index (χ4v) is 3.08. The lowest BCUT2D eigenvalue weighted by atomic mass is 9.98. The van der Waals surface area contributed by atoms with Crippen LogP contribution in [0.1, 0.15) is 23.5 Å². The minimum Gasteiger partial charge on any atom is -0.367 e. The molecule has 1 heterocycles. The van der Waals surface area contributed by atoms with Gasteiger partial charge in [-0.15, -0.1) is 0 Å². The van der Waals surface area contributed by atoms with Crippen molar-refractivity contribution in [3.05, 3.63) is 71.8 Å². The van der Waals surface area contributed by atoms with E-state index in [0.717, 1.165) is 26.1 Å². The highest BCUT2D eigenvalue weighted by Gasteiger charge is 2.26. The molecule has 3 rings (SSSR count). The van der Waals surface area contributed by atoms with Crippen LogP contribution in [-0.2, 0) is 0 Å². The van der Waals surface area contributed by atoms with Crippen LogP contribution in [0.4, 0.5) is 5.69 Å². The minimum absolute atomic E-state index is 0.580. The van der Waals surface area contributed by atoms with Gasteiger partial charge in [0.25, 0.3) is 0 Å². The highest BCUT2D eigenvalue weighted by Crippen LogP contribution is 2.37. The van der Waals surface area contributed by atoms with Crippen molar-refractivity contribution in [1.82, 2.24) is 0 Å². The summed E-state index contributed by atoms with van der Waals surface area (Å²) in [5, 5.41) is 0. The number of benzene rings is 2. The molecular formula is C19H22N2. The van der Waals surface area contributed by atoms with Crippen molar-refractivity contribution in [2.24, 2.45) is 5.73 Å². The molecule has 0 fully saturated rings. The molecule has 0 spiro atoms. The monoisotopic (exact) mass is 278 g/mol. The van der Waals surface area contributed by atoms with Crippen molar-refractivity contribution in [2.45, 2.75) is 12.3 Å². The lowest BCUT2D eigenvalue weighted by Crippen LogP contribution is -2.22. The molecule has 0 saturated carbocycles. The predicted octanol–water partition coefficient (Wildman–Crippen LogP) is 3.65. The Morgan fingerprint density at radius 3 is 2.62 bits per heavy atom. The van der Waals surface area contributed by atoms with E-state index in [9.17, 15) is 0 Å². The first-order valence-electron chi connectivity index (χ1n) is 7.64. The molecule has 1 unspecified atom stereocenters. The van der Waals surface area contributed by atoms with Gasteiger partial charge in [0.05, 0.1) is 0 Å². The Balaban J connectivity index is 1.71. The number of hydrogen-bond donors (Lipinski definition) is 1. The number of hydrogen-bond acceptors (Lipinski definition) is 2. The summed E-state index contributed by atoms with van der Waals surface area (Å²) in [4.78, 5) is 2.45. The Bertz CT molecular complexity index is 604. The van der Waals surface area contributed by atoms with Crippen LogP contribution in [-0.4, -0.2) is 19.6 Å². The van der Waals surface area contributed by atoms with E-state index in [4.69, 9.17) is 5.73 Å². The van der Waals surface area contributed by atoms with E-state index in [2.05, 4.69) is 65.6 Å². The largest absolute Gasteiger partial charge is 0.367 e.